The lowest BCUT2D eigenvalue weighted by molar-refractivity contribution is 0.0148. The predicted octanol–water partition coefficient (Wildman–Crippen LogP) is 4.51. The number of nitrogens with zero attached hydrogens (tertiary/aromatic N) is 2. The lowest BCUT2D eigenvalue weighted by Crippen LogP contribution is -2.44. The molecule has 150 valence electrons. The highest BCUT2D eigenvalue weighted by molar-refractivity contribution is 7.80. The number of amides is 2. The van der Waals surface area contributed by atoms with E-state index in [2.05, 4.69) is 0 Å². The Hall–Kier alpha value is -2.18. The molecule has 0 bridgehead atoms. The topological polar surface area (TPSA) is 49.9 Å². The van der Waals surface area contributed by atoms with E-state index in [1.165, 1.54) is 0 Å². The Morgan fingerprint density at radius 3 is 2.21 bits per heavy atom. The maximum absolute atomic E-state index is 13.1. The second-order valence-electron chi connectivity index (χ2n) is 7.68. The van der Waals surface area contributed by atoms with Crippen LogP contribution in [0.15, 0.2) is 59.5 Å². The fraction of sp³-hybridized carbons (Fsp3) is 0.409. The van der Waals surface area contributed by atoms with Crippen LogP contribution in [0.1, 0.15) is 37.9 Å². The summed E-state index contributed by atoms with van der Waals surface area (Å²) >= 11 is -1.66. The molecule has 0 N–H and O–H groups in total. The first-order chi connectivity index (χ1) is 13.3. The maximum atomic E-state index is 13.1. The van der Waals surface area contributed by atoms with Crippen LogP contribution in [0.3, 0.4) is 0 Å². The van der Waals surface area contributed by atoms with Gasteiger partial charge in [0.15, 0.2) is 17.3 Å². The van der Waals surface area contributed by atoms with E-state index in [0.717, 1.165) is 11.1 Å². The molecule has 0 aromatic heterocycles. The first kappa shape index (κ1) is 20.6. The van der Waals surface area contributed by atoms with Crippen molar-refractivity contribution in [3.8, 4) is 0 Å². The molecule has 0 radical (unpaired) electrons. The van der Waals surface area contributed by atoms with Crippen LogP contribution in [0.25, 0.3) is 0 Å². The van der Waals surface area contributed by atoms with E-state index >= 15 is 0 Å². The Morgan fingerprint density at radius 2 is 1.64 bits per heavy atom. The van der Waals surface area contributed by atoms with Crippen molar-refractivity contribution in [2.45, 2.75) is 50.9 Å². The summed E-state index contributed by atoms with van der Waals surface area (Å²) in [5.41, 5.74) is 2.14. The summed E-state index contributed by atoms with van der Waals surface area (Å²) in [6.07, 6.45) is -0.604. The van der Waals surface area contributed by atoms with E-state index in [0.29, 0.717) is 4.90 Å². The van der Waals surface area contributed by atoms with Crippen molar-refractivity contribution in [1.82, 2.24) is 9.80 Å². The van der Waals surface area contributed by atoms with Gasteiger partial charge >= 0.3 is 6.03 Å². The number of aryl methyl sites for hydroxylation is 1. The van der Waals surface area contributed by atoms with Crippen molar-refractivity contribution in [2.75, 3.05) is 7.05 Å². The minimum atomic E-state index is -1.66. The van der Waals surface area contributed by atoms with E-state index in [1.54, 1.807) is 29.0 Å². The summed E-state index contributed by atoms with van der Waals surface area (Å²) in [6.45, 7) is 7.98. The largest absolute Gasteiger partial charge is 0.322 e. The first-order valence-corrected chi connectivity index (χ1v) is 10.6. The van der Waals surface area contributed by atoms with Crippen molar-refractivity contribution in [3.05, 3.63) is 65.7 Å². The number of hydrogen-bond acceptors (Lipinski definition) is 3. The Labute approximate surface area is 170 Å². The van der Waals surface area contributed by atoms with Crippen LogP contribution >= 0.6 is 0 Å². The minimum absolute atomic E-state index is 0.0208. The fourth-order valence-corrected chi connectivity index (χ4v) is 4.51. The number of likely N-dealkylation sites (N-methyl/N-ethyl adjacent to an activating group) is 1. The Bertz CT molecular complexity index is 839. The Kier molecular flexibility index (Phi) is 6.20. The summed E-state index contributed by atoms with van der Waals surface area (Å²) < 4.78 is 18.9. The third-order valence-corrected chi connectivity index (χ3v) is 6.30. The van der Waals surface area contributed by atoms with E-state index < -0.39 is 17.3 Å². The van der Waals surface area contributed by atoms with Crippen LogP contribution in [0, 0.1) is 12.8 Å². The van der Waals surface area contributed by atoms with Crippen molar-refractivity contribution in [2.24, 2.45) is 5.92 Å². The molecular formula is C22H28N2O3S. The van der Waals surface area contributed by atoms with Crippen molar-refractivity contribution >= 4 is 17.1 Å². The highest BCUT2D eigenvalue weighted by Gasteiger charge is 2.47. The highest BCUT2D eigenvalue weighted by atomic mass is 32.2. The zero-order chi connectivity index (χ0) is 20.4. The van der Waals surface area contributed by atoms with Gasteiger partial charge in [-0.3, -0.25) is 9.08 Å². The number of benzene rings is 2. The molecule has 1 heterocycles. The van der Waals surface area contributed by atoms with Gasteiger partial charge in [-0.05, 0) is 37.5 Å². The van der Waals surface area contributed by atoms with Crippen LogP contribution in [-0.2, 0) is 15.3 Å². The van der Waals surface area contributed by atoms with Crippen LogP contribution in [-0.4, -0.2) is 39.4 Å². The average Bonchev–Trinajstić information content (AvgIpc) is 2.91. The molecule has 6 heteroatoms. The summed E-state index contributed by atoms with van der Waals surface area (Å²) in [5.74, 6) is -0.0248. The first-order valence-electron chi connectivity index (χ1n) is 9.57. The Morgan fingerprint density at radius 1 is 1.04 bits per heavy atom. The number of carbonyl (C=O) groups excluding carboxylic acids is 1. The van der Waals surface area contributed by atoms with E-state index in [-0.39, 0.29) is 24.0 Å². The van der Waals surface area contributed by atoms with E-state index in [9.17, 15) is 9.00 Å². The normalized spacial score (nSPS) is 22.0. The summed E-state index contributed by atoms with van der Waals surface area (Å²) in [7, 11) is 1.80. The standard InChI is InChI=1S/C22H28N2O3S/c1-15(2)21(27-28(26)19-13-11-16(3)12-14-19)24-20(17(4)23(5)22(24)25)18-9-7-6-8-10-18/h6-15,17,20-21H,1-5H3/t17-,20-,21-,28?/m0/s1. The van der Waals surface area contributed by atoms with Gasteiger partial charge in [-0.1, -0.05) is 61.9 Å². The van der Waals surface area contributed by atoms with Crippen molar-refractivity contribution in [3.63, 3.8) is 0 Å². The lowest BCUT2D eigenvalue weighted by atomic mass is 9.99. The highest BCUT2D eigenvalue weighted by Crippen LogP contribution is 2.38. The van der Waals surface area contributed by atoms with Crippen LogP contribution in [0.4, 0.5) is 4.79 Å². The van der Waals surface area contributed by atoms with Gasteiger partial charge in [-0.25, -0.2) is 9.00 Å². The van der Waals surface area contributed by atoms with Gasteiger partial charge in [0, 0.05) is 7.05 Å². The third kappa shape index (κ3) is 3.98. The smallest absolute Gasteiger partial charge is 0.322 e. The zero-order valence-electron chi connectivity index (χ0n) is 17.0. The molecule has 1 unspecified atom stereocenters. The van der Waals surface area contributed by atoms with Gasteiger partial charge in [-0.2, -0.15) is 0 Å². The molecule has 28 heavy (non-hydrogen) atoms. The molecule has 2 aromatic carbocycles. The van der Waals surface area contributed by atoms with Gasteiger partial charge < -0.3 is 4.90 Å². The molecule has 1 aliphatic rings. The van der Waals surface area contributed by atoms with Gasteiger partial charge in [0.1, 0.15) is 0 Å². The molecule has 0 saturated carbocycles. The average molecular weight is 401 g/mol. The molecule has 1 fully saturated rings. The second kappa shape index (κ2) is 8.45. The number of rotatable bonds is 6. The summed E-state index contributed by atoms with van der Waals surface area (Å²) in [5, 5.41) is 0. The predicted molar refractivity (Wildman–Crippen MR) is 111 cm³/mol. The van der Waals surface area contributed by atoms with Gasteiger partial charge in [0.2, 0.25) is 0 Å². The molecule has 3 rings (SSSR count). The number of hydrogen-bond donors (Lipinski definition) is 0. The SMILES string of the molecule is Cc1ccc(S(=O)O[C@@H](C(C)C)N2C(=O)N(C)[C@@H](C)[C@H]2c2ccccc2)cc1. The molecule has 1 aliphatic heterocycles. The zero-order valence-corrected chi connectivity index (χ0v) is 17.8. The molecule has 0 spiro atoms. The van der Waals surface area contributed by atoms with Crippen molar-refractivity contribution < 1.29 is 13.2 Å². The van der Waals surface area contributed by atoms with Crippen LogP contribution < -0.4 is 0 Å². The molecule has 5 nitrogen and oxygen atoms in total. The van der Waals surface area contributed by atoms with Gasteiger partial charge in [0.05, 0.1) is 17.0 Å². The maximum Gasteiger partial charge on any atom is 0.322 e. The fourth-order valence-electron chi connectivity index (χ4n) is 3.55. The number of carbonyl (C=O) groups is 1. The third-order valence-electron chi connectivity index (χ3n) is 5.28. The van der Waals surface area contributed by atoms with Gasteiger partial charge in [0.25, 0.3) is 0 Å². The molecule has 1 saturated heterocycles. The molecule has 2 amide bonds. The quantitative estimate of drug-likeness (QED) is 0.717. The lowest BCUT2D eigenvalue weighted by Gasteiger charge is -2.34. The summed E-state index contributed by atoms with van der Waals surface area (Å²) in [6, 6.07) is 17.1. The van der Waals surface area contributed by atoms with E-state index in [1.807, 2.05) is 70.2 Å². The molecule has 2 aromatic rings. The van der Waals surface area contributed by atoms with Crippen molar-refractivity contribution in [1.29, 1.82) is 0 Å². The molecular weight excluding hydrogens is 372 g/mol. The Balaban J connectivity index is 1.93. The van der Waals surface area contributed by atoms with Crippen LogP contribution in [0.5, 0.6) is 0 Å². The number of urea groups is 1. The van der Waals surface area contributed by atoms with Crippen LogP contribution in [0.2, 0.25) is 0 Å². The summed E-state index contributed by atoms with van der Waals surface area (Å²) in [4.78, 5) is 17.2. The molecule has 0 aliphatic carbocycles. The van der Waals surface area contributed by atoms with Gasteiger partial charge in [-0.15, -0.1) is 0 Å². The molecule has 4 atom stereocenters. The van der Waals surface area contributed by atoms with E-state index in [4.69, 9.17) is 4.18 Å². The minimum Gasteiger partial charge on any atom is -0.322 e. The second-order valence-corrected chi connectivity index (χ2v) is 8.81. The monoisotopic (exact) mass is 400 g/mol.